The Morgan fingerprint density at radius 3 is 2.64 bits per heavy atom. The number of anilines is 2. The predicted molar refractivity (Wildman–Crippen MR) is 149 cm³/mol. The van der Waals surface area contributed by atoms with E-state index in [9.17, 15) is 27.9 Å². The lowest BCUT2D eigenvalue weighted by atomic mass is 9.97. The second-order valence-electron chi connectivity index (χ2n) is 9.57. The number of hydrogen-bond acceptors (Lipinski definition) is 5. The number of ketones is 1. The number of carboxylic acid groups (broad SMARTS) is 1. The zero-order valence-electron chi connectivity index (χ0n) is 21.1. The van der Waals surface area contributed by atoms with Crippen molar-refractivity contribution in [3.8, 4) is 0 Å². The number of carboxylic acids is 1. The van der Waals surface area contributed by atoms with Crippen LogP contribution in [-0.4, -0.2) is 43.2 Å². The van der Waals surface area contributed by atoms with Crippen molar-refractivity contribution in [1.29, 1.82) is 0 Å². The molecule has 3 aromatic rings. The highest BCUT2D eigenvalue weighted by molar-refractivity contribution is 7.92. The first kappa shape index (κ1) is 26.7. The van der Waals surface area contributed by atoms with Gasteiger partial charge in [0.1, 0.15) is 0 Å². The molecule has 202 valence electrons. The molecular weight excluding hydrogens is 542 g/mol. The molecule has 5 rings (SSSR count). The first-order chi connectivity index (χ1) is 18.6. The van der Waals surface area contributed by atoms with Crippen molar-refractivity contribution in [2.24, 2.45) is 0 Å². The monoisotopic (exact) mass is 567 g/mol. The van der Waals surface area contributed by atoms with E-state index >= 15 is 0 Å². The van der Waals surface area contributed by atoms with Crippen LogP contribution in [0, 0.1) is 0 Å². The largest absolute Gasteiger partial charge is 0.481 e. The second kappa shape index (κ2) is 10.3. The van der Waals surface area contributed by atoms with Crippen LogP contribution in [0.4, 0.5) is 11.4 Å². The fourth-order valence-corrected chi connectivity index (χ4v) is 6.45. The van der Waals surface area contributed by atoms with Crippen molar-refractivity contribution in [2.45, 2.75) is 43.4 Å². The zero-order valence-corrected chi connectivity index (χ0v) is 22.7. The molecule has 39 heavy (non-hydrogen) atoms. The van der Waals surface area contributed by atoms with Crippen molar-refractivity contribution >= 4 is 62.3 Å². The third-order valence-electron chi connectivity index (χ3n) is 7.06. The standard InChI is InChI=1S/C28H26ClN3O6S/c1-32(17-6-4-5-16(29)13-17)39(37,38)18-9-11-22-20(14-18)21(28(36)31-22)15-24-19(10-12-26(34)35)27-23(30-24)7-2-3-8-25(27)33/h4-6,9,11,13-15,30H,2-3,7-8,10,12H2,1H3,(H,31,36)(H,34,35). The number of hydrogen-bond donors (Lipinski definition) is 3. The Morgan fingerprint density at radius 2 is 1.90 bits per heavy atom. The molecule has 3 N–H and O–H groups in total. The summed E-state index contributed by atoms with van der Waals surface area (Å²) in [5.41, 5.74) is 3.74. The first-order valence-corrected chi connectivity index (χ1v) is 14.3. The molecule has 0 atom stereocenters. The van der Waals surface area contributed by atoms with Crippen LogP contribution in [0.2, 0.25) is 5.02 Å². The maximum atomic E-state index is 13.5. The number of sulfonamides is 1. The summed E-state index contributed by atoms with van der Waals surface area (Å²) in [6.07, 6.45) is 4.13. The number of Topliss-reactive ketones (excluding diaryl/α,β-unsaturated/α-hetero) is 1. The van der Waals surface area contributed by atoms with E-state index in [1.165, 1.54) is 31.3 Å². The topological polar surface area (TPSA) is 137 Å². The molecular formula is C28H26ClN3O6S. The van der Waals surface area contributed by atoms with Crippen LogP contribution in [0.15, 0.2) is 47.4 Å². The summed E-state index contributed by atoms with van der Waals surface area (Å²) in [5, 5.41) is 12.4. The average Bonchev–Trinajstić information content (AvgIpc) is 3.33. The number of aliphatic carboxylic acids is 1. The molecule has 1 aromatic heterocycles. The summed E-state index contributed by atoms with van der Waals surface area (Å²) in [5.74, 6) is -1.47. The van der Waals surface area contributed by atoms with Crippen LogP contribution >= 0.6 is 11.6 Å². The van der Waals surface area contributed by atoms with Crippen LogP contribution < -0.4 is 9.62 Å². The fourth-order valence-electron chi connectivity index (χ4n) is 5.05. The molecule has 2 heterocycles. The highest BCUT2D eigenvalue weighted by Gasteiger charge is 2.30. The smallest absolute Gasteiger partial charge is 0.303 e. The van der Waals surface area contributed by atoms with Gasteiger partial charge in [-0.2, -0.15) is 0 Å². The molecule has 1 aliphatic carbocycles. The van der Waals surface area contributed by atoms with Gasteiger partial charge in [-0.3, -0.25) is 18.7 Å². The van der Waals surface area contributed by atoms with Crippen molar-refractivity contribution in [2.75, 3.05) is 16.7 Å². The van der Waals surface area contributed by atoms with Gasteiger partial charge < -0.3 is 15.4 Å². The minimum absolute atomic E-state index is 0.0188. The molecule has 0 saturated heterocycles. The summed E-state index contributed by atoms with van der Waals surface area (Å²) >= 11 is 6.05. The number of rotatable bonds is 7. The quantitative estimate of drug-likeness (QED) is 0.274. The lowest BCUT2D eigenvalue weighted by molar-refractivity contribution is -0.137. The Bertz CT molecular complexity index is 1660. The van der Waals surface area contributed by atoms with Crippen molar-refractivity contribution in [1.82, 2.24) is 4.98 Å². The van der Waals surface area contributed by atoms with Crippen LogP contribution in [0.1, 0.15) is 58.6 Å². The molecule has 0 fully saturated rings. The lowest BCUT2D eigenvalue weighted by Gasteiger charge is -2.20. The Kier molecular flexibility index (Phi) is 7.09. The SMILES string of the molecule is CN(c1cccc(Cl)c1)S(=O)(=O)c1ccc2c(c1)C(=Cc1[nH]c3c(c1CCC(=O)O)C(=O)CCCC3)C(=O)N2. The van der Waals surface area contributed by atoms with Gasteiger partial charge >= 0.3 is 5.97 Å². The molecule has 11 heteroatoms. The molecule has 0 saturated carbocycles. The Labute approximate surface area is 230 Å². The summed E-state index contributed by atoms with van der Waals surface area (Å²) in [4.78, 5) is 40.5. The van der Waals surface area contributed by atoms with Crippen molar-refractivity contribution < 1.29 is 27.9 Å². The third-order valence-corrected chi connectivity index (χ3v) is 9.07. The molecule has 9 nitrogen and oxygen atoms in total. The van der Waals surface area contributed by atoms with Crippen molar-refractivity contribution in [3.05, 3.63) is 75.6 Å². The molecule has 0 bridgehead atoms. The predicted octanol–water partition coefficient (Wildman–Crippen LogP) is 4.91. The summed E-state index contributed by atoms with van der Waals surface area (Å²) in [6, 6.07) is 10.9. The summed E-state index contributed by atoms with van der Waals surface area (Å²) < 4.78 is 28.0. The Hall–Kier alpha value is -3.89. The molecule has 2 aromatic carbocycles. The average molecular weight is 568 g/mol. The number of benzene rings is 2. The fraction of sp³-hybridized carbons (Fsp3) is 0.250. The number of fused-ring (bicyclic) bond motifs is 2. The number of carbonyl (C=O) groups is 3. The molecule has 0 spiro atoms. The zero-order chi connectivity index (χ0) is 27.9. The summed E-state index contributed by atoms with van der Waals surface area (Å²) in [7, 11) is -2.57. The van der Waals surface area contributed by atoms with Gasteiger partial charge in [0.25, 0.3) is 15.9 Å². The van der Waals surface area contributed by atoms with Gasteiger partial charge in [-0.1, -0.05) is 17.7 Å². The van der Waals surface area contributed by atoms with Gasteiger partial charge in [0.05, 0.1) is 16.2 Å². The highest BCUT2D eigenvalue weighted by Crippen LogP contribution is 2.37. The van der Waals surface area contributed by atoms with E-state index in [0.29, 0.717) is 51.6 Å². The van der Waals surface area contributed by atoms with Crippen molar-refractivity contribution in [3.63, 3.8) is 0 Å². The molecule has 1 amide bonds. The first-order valence-electron chi connectivity index (χ1n) is 12.5. The lowest BCUT2D eigenvalue weighted by Crippen LogP contribution is -2.26. The number of halogens is 1. The number of nitrogens with one attached hydrogen (secondary N) is 2. The van der Waals surface area contributed by atoms with Gasteiger partial charge in [-0.15, -0.1) is 0 Å². The Balaban J connectivity index is 1.58. The maximum Gasteiger partial charge on any atom is 0.303 e. The van der Waals surface area contributed by atoms with Crippen LogP contribution in [0.5, 0.6) is 0 Å². The number of aryl methyl sites for hydroxylation is 1. The van der Waals surface area contributed by atoms with Crippen LogP contribution in [0.3, 0.4) is 0 Å². The third kappa shape index (κ3) is 5.09. The van der Waals surface area contributed by atoms with E-state index in [1.807, 2.05) is 0 Å². The number of amides is 1. The maximum absolute atomic E-state index is 13.5. The van der Waals surface area contributed by atoms with E-state index in [4.69, 9.17) is 11.6 Å². The minimum Gasteiger partial charge on any atom is -0.481 e. The Morgan fingerprint density at radius 1 is 1.13 bits per heavy atom. The van der Waals surface area contributed by atoms with E-state index in [-0.39, 0.29) is 29.1 Å². The van der Waals surface area contributed by atoms with Gasteiger partial charge in [-0.05, 0) is 73.7 Å². The normalized spacial score (nSPS) is 16.0. The minimum atomic E-state index is -3.99. The number of nitrogens with zero attached hydrogens (tertiary/aromatic N) is 1. The van der Waals surface area contributed by atoms with E-state index in [1.54, 1.807) is 24.3 Å². The molecule has 0 radical (unpaired) electrons. The van der Waals surface area contributed by atoms with Gasteiger partial charge in [0, 0.05) is 53.1 Å². The number of H-pyrrole nitrogens is 1. The summed E-state index contributed by atoms with van der Waals surface area (Å²) in [6.45, 7) is 0. The van der Waals surface area contributed by atoms with E-state index in [2.05, 4.69) is 10.3 Å². The highest BCUT2D eigenvalue weighted by atomic mass is 35.5. The molecule has 2 aliphatic rings. The number of carbonyl (C=O) groups excluding carboxylic acids is 2. The van der Waals surface area contributed by atoms with Gasteiger partial charge in [0.2, 0.25) is 0 Å². The van der Waals surface area contributed by atoms with Crippen LogP contribution in [0.25, 0.3) is 11.6 Å². The number of aromatic nitrogens is 1. The van der Waals surface area contributed by atoms with E-state index < -0.39 is 21.9 Å². The molecule has 0 unspecified atom stereocenters. The number of aromatic amines is 1. The molecule has 1 aliphatic heterocycles. The van der Waals surface area contributed by atoms with Gasteiger partial charge in [0.15, 0.2) is 5.78 Å². The van der Waals surface area contributed by atoms with Gasteiger partial charge in [-0.25, -0.2) is 8.42 Å². The van der Waals surface area contributed by atoms with E-state index in [0.717, 1.165) is 22.8 Å². The second-order valence-corrected chi connectivity index (χ2v) is 12.0. The van der Waals surface area contributed by atoms with Crippen LogP contribution in [-0.2, 0) is 32.5 Å².